The van der Waals surface area contributed by atoms with Gasteiger partial charge in [0.25, 0.3) is 0 Å². The Labute approximate surface area is 374 Å². The Morgan fingerprint density at radius 1 is 0.672 bits per heavy atom. The summed E-state index contributed by atoms with van der Waals surface area (Å²) < 4.78 is 11.3. The Balaban J connectivity index is 0.000000191. The minimum absolute atomic E-state index is 0.112. The quantitative estimate of drug-likeness (QED) is 0.120. The molecule has 64 heavy (non-hydrogen) atoms. The number of nitriles is 2. The summed E-state index contributed by atoms with van der Waals surface area (Å²) in [6, 6.07) is 19.3. The van der Waals surface area contributed by atoms with Crippen molar-refractivity contribution in [2.45, 2.75) is 77.5 Å². The number of aromatic nitrogens is 4. The molecule has 0 spiro atoms. The van der Waals surface area contributed by atoms with Crippen LogP contribution in [0.15, 0.2) is 48.5 Å². The molecule has 18 nitrogen and oxygen atoms in total. The third-order valence-corrected chi connectivity index (χ3v) is 11.6. The lowest BCUT2D eigenvalue weighted by Crippen LogP contribution is -2.45. The molecule has 4 atom stereocenters. The molecule has 4 aliphatic heterocycles. The molecule has 18 heteroatoms. The van der Waals surface area contributed by atoms with Crippen LogP contribution in [0.1, 0.15) is 75.1 Å². The number of hydrogen-bond donors (Lipinski definition) is 6. The van der Waals surface area contributed by atoms with Gasteiger partial charge in [0.2, 0.25) is 0 Å². The zero-order chi connectivity index (χ0) is 45.0. The van der Waals surface area contributed by atoms with Gasteiger partial charge in [-0.3, -0.25) is 0 Å². The van der Waals surface area contributed by atoms with Gasteiger partial charge >= 0.3 is 12.1 Å². The summed E-state index contributed by atoms with van der Waals surface area (Å²) in [4.78, 5) is 47.9. The number of nitrogens with one attached hydrogen (secondary N) is 6. The average molecular weight is 871 g/mol. The zero-order valence-corrected chi connectivity index (χ0v) is 37.0. The highest BCUT2D eigenvalue weighted by Crippen LogP contribution is 2.36. The molecule has 6 heterocycles. The highest BCUT2D eigenvalue weighted by Gasteiger charge is 2.32. The molecular formula is C46H58N14O4. The molecule has 4 aromatic rings. The molecule has 8 rings (SSSR count). The molecule has 2 saturated heterocycles. The van der Waals surface area contributed by atoms with E-state index < -0.39 is 0 Å². The standard InChI is InChI=1S/2C23H29N7O2/c2*1-3-25-23(31)27-17-6-4-16(5-7-17)21-28-20-18(9-11-26-19(20)8-10-24)22(29-21)30-12-13-32-14-15(30)2/h2*4-7,15,19,26H,3,8-9,11-14H2,1-2H3,(H2,25,27,31)/t15-,19+;15-,19-/m00/s1. The van der Waals surface area contributed by atoms with Crippen LogP contribution in [0.4, 0.5) is 32.6 Å². The van der Waals surface area contributed by atoms with Crippen LogP contribution in [-0.2, 0) is 22.3 Å². The number of carbonyl (C=O) groups is 2. The van der Waals surface area contributed by atoms with E-state index in [0.29, 0.717) is 75.4 Å². The topological polar surface area (TPSA) is 230 Å². The number of hydrogen-bond acceptors (Lipinski definition) is 14. The van der Waals surface area contributed by atoms with Gasteiger partial charge in [0.15, 0.2) is 11.6 Å². The van der Waals surface area contributed by atoms with Crippen molar-refractivity contribution in [3.8, 4) is 34.9 Å². The summed E-state index contributed by atoms with van der Waals surface area (Å²) in [6.45, 7) is 15.0. The Morgan fingerprint density at radius 2 is 1.08 bits per heavy atom. The van der Waals surface area contributed by atoms with Crippen molar-refractivity contribution in [2.75, 3.05) is 86.1 Å². The summed E-state index contributed by atoms with van der Waals surface area (Å²) in [5.41, 5.74) is 7.16. The van der Waals surface area contributed by atoms with Crippen molar-refractivity contribution in [1.29, 1.82) is 10.5 Å². The molecule has 4 amide bonds. The predicted molar refractivity (Wildman–Crippen MR) is 245 cm³/mol. The fourth-order valence-corrected chi connectivity index (χ4v) is 8.38. The van der Waals surface area contributed by atoms with E-state index in [2.05, 4.69) is 67.7 Å². The monoisotopic (exact) mass is 870 g/mol. The van der Waals surface area contributed by atoms with E-state index in [1.165, 1.54) is 0 Å². The number of amides is 4. The molecular weight excluding hydrogens is 813 g/mol. The van der Waals surface area contributed by atoms with Crippen LogP contribution in [-0.4, -0.2) is 110 Å². The van der Waals surface area contributed by atoms with Crippen molar-refractivity contribution < 1.29 is 19.1 Å². The number of benzene rings is 2. The number of urea groups is 2. The zero-order valence-electron chi connectivity index (χ0n) is 37.0. The van der Waals surface area contributed by atoms with Gasteiger partial charge in [-0.15, -0.1) is 0 Å². The van der Waals surface area contributed by atoms with E-state index in [0.717, 1.165) is 84.3 Å². The Kier molecular flexibility index (Phi) is 15.5. The molecule has 0 unspecified atom stereocenters. The minimum Gasteiger partial charge on any atom is -0.377 e. The number of ether oxygens (including phenoxy) is 2. The maximum atomic E-state index is 11.8. The smallest absolute Gasteiger partial charge is 0.319 e. The maximum Gasteiger partial charge on any atom is 0.319 e. The van der Waals surface area contributed by atoms with Crippen molar-refractivity contribution in [3.05, 3.63) is 71.0 Å². The van der Waals surface area contributed by atoms with Crippen molar-refractivity contribution in [2.24, 2.45) is 0 Å². The molecule has 0 saturated carbocycles. The number of nitrogens with zero attached hydrogens (tertiary/aromatic N) is 8. The predicted octanol–water partition coefficient (Wildman–Crippen LogP) is 5.22. The molecule has 2 aromatic heterocycles. The lowest BCUT2D eigenvalue weighted by atomic mass is 9.97. The van der Waals surface area contributed by atoms with Gasteiger partial charge < -0.3 is 51.2 Å². The molecule has 2 fully saturated rings. The van der Waals surface area contributed by atoms with Gasteiger partial charge in [0.05, 0.1) is 87.0 Å². The van der Waals surface area contributed by atoms with Gasteiger partial charge in [-0.1, -0.05) is 0 Å². The lowest BCUT2D eigenvalue weighted by molar-refractivity contribution is 0.0983. The fraction of sp³-hybridized carbons (Fsp3) is 0.478. The summed E-state index contributed by atoms with van der Waals surface area (Å²) in [5.74, 6) is 3.12. The number of morpholine rings is 2. The number of carbonyl (C=O) groups excluding carboxylic acids is 2. The van der Waals surface area contributed by atoms with Crippen LogP contribution in [0.5, 0.6) is 0 Å². The molecule has 0 bridgehead atoms. The van der Waals surface area contributed by atoms with Gasteiger partial charge in [-0.05, 0) is 89.1 Å². The Hall–Kier alpha value is -6.44. The first-order valence-corrected chi connectivity index (χ1v) is 22.2. The second-order valence-electron chi connectivity index (χ2n) is 16.1. The third-order valence-electron chi connectivity index (χ3n) is 11.6. The van der Waals surface area contributed by atoms with E-state index >= 15 is 0 Å². The van der Waals surface area contributed by atoms with E-state index in [4.69, 9.17) is 29.4 Å². The lowest BCUT2D eigenvalue weighted by Gasteiger charge is -2.37. The second-order valence-corrected chi connectivity index (χ2v) is 16.1. The third kappa shape index (κ3) is 10.8. The second kappa shape index (κ2) is 21.8. The molecule has 336 valence electrons. The van der Waals surface area contributed by atoms with Gasteiger partial charge in [-0.2, -0.15) is 10.5 Å². The van der Waals surface area contributed by atoms with Crippen LogP contribution in [0, 0.1) is 22.7 Å². The van der Waals surface area contributed by atoms with Crippen molar-refractivity contribution in [1.82, 2.24) is 41.2 Å². The van der Waals surface area contributed by atoms with Crippen LogP contribution in [0.3, 0.4) is 0 Å². The van der Waals surface area contributed by atoms with E-state index in [-0.39, 0.29) is 36.2 Å². The maximum absolute atomic E-state index is 11.8. The average Bonchev–Trinajstić information content (AvgIpc) is 3.30. The number of anilines is 4. The van der Waals surface area contributed by atoms with E-state index in [1.54, 1.807) is 0 Å². The van der Waals surface area contributed by atoms with Crippen LogP contribution < -0.4 is 41.7 Å². The van der Waals surface area contributed by atoms with Crippen LogP contribution >= 0.6 is 0 Å². The van der Waals surface area contributed by atoms with Crippen molar-refractivity contribution >= 4 is 35.1 Å². The first-order valence-electron chi connectivity index (χ1n) is 22.2. The molecule has 0 radical (unpaired) electrons. The first-order chi connectivity index (χ1) is 31.2. The first kappa shape index (κ1) is 45.6. The summed E-state index contributed by atoms with van der Waals surface area (Å²) in [6.07, 6.45) is 2.37. The van der Waals surface area contributed by atoms with Crippen LogP contribution in [0.25, 0.3) is 22.8 Å². The van der Waals surface area contributed by atoms with Crippen molar-refractivity contribution in [3.63, 3.8) is 0 Å². The van der Waals surface area contributed by atoms with Gasteiger partial charge in [-0.25, -0.2) is 29.5 Å². The number of fused-ring (bicyclic) bond motifs is 2. The minimum atomic E-state index is -0.237. The summed E-state index contributed by atoms with van der Waals surface area (Å²) in [5, 5.41) is 36.6. The largest absolute Gasteiger partial charge is 0.377 e. The van der Waals surface area contributed by atoms with Gasteiger partial charge in [0.1, 0.15) is 11.6 Å². The fourth-order valence-electron chi connectivity index (χ4n) is 8.38. The Bertz CT molecular complexity index is 2170. The summed E-state index contributed by atoms with van der Waals surface area (Å²) >= 11 is 0. The SMILES string of the molecule is CCNC(=O)Nc1ccc(-c2nc3c(c(N4CCOC[C@@H]4C)n2)CCN[C@@H]3CC#N)cc1.CCNC(=O)Nc1ccc(-c2nc3c(c(N4CCOC[C@@H]4C)n2)CCN[C@H]3CC#N)cc1. The molecule has 2 aromatic carbocycles. The highest BCUT2D eigenvalue weighted by molar-refractivity contribution is 5.90. The Morgan fingerprint density at radius 3 is 1.44 bits per heavy atom. The summed E-state index contributed by atoms with van der Waals surface area (Å²) in [7, 11) is 0. The highest BCUT2D eigenvalue weighted by atomic mass is 16.5. The molecule has 4 aliphatic rings. The normalized spacial score (nSPS) is 20.2. The molecule has 0 aliphatic carbocycles. The van der Waals surface area contributed by atoms with Crippen LogP contribution in [0.2, 0.25) is 0 Å². The van der Waals surface area contributed by atoms with E-state index in [1.807, 2.05) is 62.4 Å². The van der Waals surface area contributed by atoms with Gasteiger partial charge in [0, 0.05) is 72.9 Å². The molecule has 6 N–H and O–H groups in total. The van der Waals surface area contributed by atoms with E-state index in [9.17, 15) is 20.1 Å². The number of rotatable bonds is 10.